The molecule has 0 aliphatic carbocycles. The number of nitrogens with zero attached hydrogens (tertiary/aromatic N) is 3. The van der Waals surface area contributed by atoms with Gasteiger partial charge in [-0.05, 0) is 61.9 Å². The van der Waals surface area contributed by atoms with E-state index in [1.807, 2.05) is 42.0 Å². The van der Waals surface area contributed by atoms with Gasteiger partial charge in [0.2, 0.25) is 0 Å². The highest BCUT2D eigenvalue weighted by Gasteiger charge is 2.10. The predicted molar refractivity (Wildman–Crippen MR) is 113 cm³/mol. The summed E-state index contributed by atoms with van der Waals surface area (Å²) in [5.41, 5.74) is 1.93. The van der Waals surface area contributed by atoms with Crippen molar-refractivity contribution in [2.24, 2.45) is 0 Å². The van der Waals surface area contributed by atoms with Gasteiger partial charge >= 0.3 is 0 Å². The quantitative estimate of drug-likeness (QED) is 0.494. The van der Waals surface area contributed by atoms with Crippen molar-refractivity contribution < 1.29 is 9.90 Å². The molecule has 3 aromatic heterocycles. The third kappa shape index (κ3) is 4.05. The van der Waals surface area contributed by atoms with Crippen molar-refractivity contribution in [2.45, 2.75) is 19.8 Å². The number of ketones is 1. The smallest absolute Gasteiger partial charge is 0.297 e. The molecule has 1 N–H and O–H groups in total. The van der Waals surface area contributed by atoms with Gasteiger partial charge in [0.05, 0.1) is 16.9 Å². The summed E-state index contributed by atoms with van der Waals surface area (Å²) in [6, 6.07) is 14.2. The number of thiophene rings is 1. The SMILES string of the molecule is Cc1ccc(C(=O)CCc2cn(-c3ccc(-n4cccc(O)c4=O)cc3)cn2)s1. The second kappa shape index (κ2) is 7.89. The molecule has 29 heavy (non-hydrogen) atoms. The highest BCUT2D eigenvalue weighted by atomic mass is 32.1. The molecular formula is C22H19N3O3S. The number of carbonyl (C=O) groups is 1. The number of pyridine rings is 1. The van der Waals surface area contributed by atoms with Gasteiger partial charge in [-0.2, -0.15) is 0 Å². The molecule has 4 rings (SSSR count). The van der Waals surface area contributed by atoms with E-state index in [-0.39, 0.29) is 11.5 Å². The lowest BCUT2D eigenvalue weighted by Gasteiger charge is -2.07. The lowest BCUT2D eigenvalue weighted by atomic mass is 10.1. The summed E-state index contributed by atoms with van der Waals surface area (Å²) in [5.74, 6) is -0.151. The normalized spacial score (nSPS) is 10.9. The van der Waals surface area contributed by atoms with Crippen LogP contribution in [0.5, 0.6) is 5.75 Å². The number of Topliss-reactive ketones (excluding diaryl/α,β-unsaturated/α-hetero) is 1. The van der Waals surface area contributed by atoms with E-state index in [4.69, 9.17) is 0 Å². The molecule has 3 heterocycles. The van der Waals surface area contributed by atoms with Crippen molar-refractivity contribution >= 4 is 17.1 Å². The zero-order valence-corrected chi connectivity index (χ0v) is 16.6. The van der Waals surface area contributed by atoms with E-state index >= 15 is 0 Å². The van der Waals surface area contributed by atoms with Gasteiger partial charge in [0.25, 0.3) is 5.56 Å². The number of rotatable bonds is 6. The summed E-state index contributed by atoms with van der Waals surface area (Å²) >= 11 is 1.52. The lowest BCUT2D eigenvalue weighted by molar-refractivity contribution is 0.0986. The minimum absolute atomic E-state index is 0.138. The summed E-state index contributed by atoms with van der Waals surface area (Å²) in [5, 5.41) is 9.59. The maximum atomic E-state index is 12.3. The van der Waals surface area contributed by atoms with Crippen LogP contribution in [0.2, 0.25) is 0 Å². The Balaban J connectivity index is 1.46. The summed E-state index contributed by atoms with van der Waals surface area (Å²) in [7, 11) is 0. The third-order valence-electron chi connectivity index (χ3n) is 4.61. The maximum Gasteiger partial charge on any atom is 0.297 e. The fourth-order valence-electron chi connectivity index (χ4n) is 3.05. The molecule has 7 heteroatoms. The minimum Gasteiger partial charge on any atom is -0.503 e. The second-order valence-electron chi connectivity index (χ2n) is 6.69. The Morgan fingerprint density at radius 2 is 1.86 bits per heavy atom. The number of hydrogen-bond donors (Lipinski definition) is 1. The Morgan fingerprint density at radius 1 is 1.10 bits per heavy atom. The van der Waals surface area contributed by atoms with E-state index in [9.17, 15) is 14.7 Å². The van der Waals surface area contributed by atoms with Crippen LogP contribution in [0, 0.1) is 6.92 Å². The van der Waals surface area contributed by atoms with Crippen LogP contribution in [-0.4, -0.2) is 25.0 Å². The summed E-state index contributed by atoms with van der Waals surface area (Å²) in [6.45, 7) is 1.99. The molecule has 146 valence electrons. The standard InChI is InChI=1S/C22H19N3O3S/c1-15-4-11-21(29-15)19(26)10-5-16-13-24(14-23-16)17-6-8-18(9-7-17)25-12-2-3-20(27)22(25)28/h2-4,6-9,11-14,27H,5,10H2,1H3. The Kier molecular flexibility index (Phi) is 5.14. The monoisotopic (exact) mass is 405 g/mol. The Hall–Kier alpha value is -3.45. The predicted octanol–water partition coefficient (Wildman–Crippen LogP) is 3.91. The van der Waals surface area contributed by atoms with E-state index < -0.39 is 5.56 Å². The van der Waals surface area contributed by atoms with Crippen LogP contribution in [0.15, 0.2) is 72.0 Å². The first kappa shape index (κ1) is 18.9. The number of aromatic hydroxyl groups is 1. The van der Waals surface area contributed by atoms with Gasteiger partial charge in [0.1, 0.15) is 0 Å². The fraction of sp³-hybridized carbons (Fsp3) is 0.136. The molecule has 1 aromatic carbocycles. The van der Waals surface area contributed by atoms with E-state index in [1.54, 1.807) is 30.7 Å². The average Bonchev–Trinajstić information content (AvgIpc) is 3.38. The summed E-state index contributed by atoms with van der Waals surface area (Å²) in [4.78, 5) is 30.6. The van der Waals surface area contributed by atoms with Gasteiger partial charge in [-0.25, -0.2) is 4.98 Å². The molecule has 0 unspecified atom stereocenters. The number of carbonyl (C=O) groups excluding carboxylic acids is 1. The van der Waals surface area contributed by atoms with Crippen LogP contribution in [0.25, 0.3) is 11.4 Å². The van der Waals surface area contributed by atoms with Crippen molar-refractivity contribution in [3.05, 3.63) is 93.1 Å². The molecule has 0 spiro atoms. The van der Waals surface area contributed by atoms with Gasteiger partial charge in [-0.1, -0.05) is 0 Å². The number of hydrogen-bond acceptors (Lipinski definition) is 5. The molecule has 6 nitrogen and oxygen atoms in total. The van der Waals surface area contributed by atoms with E-state index in [2.05, 4.69) is 4.98 Å². The second-order valence-corrected chi connectivity index (χ2v) is 7.98. The maximum absolute atomic E-state index is 12.3. The Morgan fingerprint density at radius 3 is 2.59 bits per heavy atom. The number of aromatic nitrogens is 3. The minimum atomic E-state index is -0.462. The molecule has 4 aromatic rings. The molecule has 0 saturated carbocycles. The van der Waals surface area contributed by atoms with Crippen LogP contribution in [-0.2, 0) is 6.42 Å². The summed E-state index contributed by atoms with van der Waals surface area (Å²) in [6.07, 6.45) is 6.24. The number of benzene rings is 1. The molecule has 0 aliphatic rings. The van der Waals surface area contributed by atoms with Crippen LogP contribution >= 0.6 is 11.3 Å². The van der Waals surface area contributed by atoms with Crippen LogP contribution in [0.3, 0.4) is 0 Å². The first-order valence-corrected chi connectivity index (χ1v) is 9.97. The van der Waals surface area contributed by atoms with Crippen molar-refractivity contribution in [1.29, 1.82) is 0 Å². The molecule has 0 atom stereocenters. The van der Waals surface area contributed by atoms with E-state index in [0.717, 1.165) is 21.1 Å². The molecule has 0 fully saturated rings. The van der Waals surface area contributed by atoms with Crippen LogP contribution in [0.4, 0.5) is 0 Å². The van der Waals surface area contributed by atoms with Crippen LogP contribution in [0.1, 0.15) is 26.7 Å². The molecule has 0 radical (unpaired) electrons. The molecular weight excluding hydrogens is 386 g/mol. The average molecular weight is 405 g/mol. The zero-order valence-electron chi connectivity index (χ0n) is 15.8. The first-order valence-electron chi connectivity index (χ1n) is 9.15. The van der Waals surface area contributed by atoms with Crippen molar-refractivity contribution in [3.63, 3.8) is 0 Å². The number of aryl methyl sites for hydroxylation is 2. The van der Waals surface area contributed by atoms with Gasteiger partial charge in [0, 0.05) is 35.1 Å². The largest absolute Gasteiger partial charge is 0.503 e. The van der Waals surface area contributed by atoms with Crippen molar-refractivity contribution in [1.82, 2.24) is 14.1 Å². The van der Waals surface area contributed by atoms with Gasteiger partial charge in [-0.15, -0.1) is 11.3 Å². The lowest BCUT2D eigenvalue weighted by Crippen LogP contribution is -2.16. The highest BCUT2D eigenvalue weighted by molar-refractivity contribution is 7.14. The van der Waals surface area contributed by atoms with Crippen molar-refractivity contribution in [3.8, 4) is 17.1 Å². The highest BCUT2D eigenvalue weighted by Crippen LogP contribution is 2.18. The zero-order chi connectivity index (χ0) is 20.4. The van der Waals surface area contributed by atoms with Crippen LogP contribution < -0.4 is 5.56 Å². The number of imidazole rings is 1. The third-order valence-corrected chi connectivity index (χ3v) is 5.65. The molecule has 0 amide bonds. The topological polar surface area (TPSA) is 77.1 Å². The van der Waals surface area contributed by atoms with Gasteiger partial charge < -0.3 is 9.67 Å². The van der Waals surface area contributed by atoms with Gasteiger partial charge in [-0.3, -0.25) is 14.2 Å². The Bertz CT molecular complexity index is 1220. The molecule has 0 aliphatic heterocycles. The summed E-state index contributed by atoms with van der Waals surface area (Å²) < 4.78 is 3.26. The van der Waals surface area contributed by atoms with Gasteiger partial charge in [0.15, 0.2) is 11.5 Å². The fourth-order valence-corrected chi connectivity index (χ4v) is 3.89. The van der Waals surface area contributed by atoms with Crippen molar-refractivity contribution in [2.75, 3.05) is 0 Å². The molecule has 0 saturated heterocycles. The Labute approximate surface area is 171 Å². The first-order chi connectivity index (χ1) is 14.0. The molecule has 0 bridgehead atoms. The van der Waals surface area contributed by atoms with E-state index in [1.165, 1.54) is 22.0 Å². The van der Waals surface area contributed by atoms with E-state index in [0.29, 0.717) is 18.5 Å².